The molecule has 2 rings (SSSR count). The van der Waals surface area contributed by atoms with Gasteiger partial charge in [-0.25, -0.2) is 0 Å². The highest BCUT2D eigenvalue weighted by atomic mass is 127. The smallest absolute Gasteiger partial charge is 0.0574 e. The summed E-state index contributed by atoms with van der Waals surface area (Å²) >= 11 is 0.430. The van der Waals surface area contributed by atoms with Crippen LogP contribution in [0.1, 0.15) is 0 Å². The average Bonchev–Trinajstić information content (AvgIpc) is 2.41. The molecular formula is C6H4I+. The lowest BCUT2D eigenvalue weighted by atomic mass is 10.4. The van der Waals surface area contributed by atoms with Gasteiger partial charge in [-0.05, 0) is 12.1 Å². The van der Waals surface area contributed by atoms with Crippen molar-refractivity contribution in [2.75, 3.05) is 0 Å². The second-order valence-electron chi connectivity index (χ2n) is 1.51. The average molecular weight is 203 g/mol. The van der Waals surface area contributed by atoms with Crippen LogP contribution in [-0.2, 0) is 0 Å². The van der Waals surface area contributed by atoms with E-state index in [1.165, 1.54) is 0 Å². The van der Waals surface area contributed by atoms with E-state index >= 15 is 0 Å². The van der Waals surface area contributed by atoms with Gasteiger partial charge >= 0.3 is 21.2 Å². The molecule has 0 spiro atoms. The minimum atomic E-state index is 0.430. The fraction of sp³-hybridized carbons (Fsp3) is 0. The van der Waals surface area contributed by atoms with Gasteiger partial charge in [0.15, 0.2) is 0 Å². The number of hydrogen-bond donors (Lipinski definition) is 0. The van der Waals surface area contributed by atoms with E-state index in [1.807, 2.05) is 0 Å². The highest BCUT2D eigenvalue weighted by Crippen LogP contribution is 1.89. The van der Waals surface area contributed by atoms with Gasteiger partial charge in [-0.3, -0.25) is 0 Å². The number of hydrogen-bond acceptors (Lipinski definition) is 0. The lowest BCUT2D eigenvalue weighted by Gasteiger charge is -1.59. The zero-order valence-corrected chi connectivity index (χ0v) is 5.84. The van der Waals surface area contributed by atoms with Crippen LogP contribution < -0.4 is 21.2 Å². The summed E-state index contributed by atoms with van der Waals surface area (Å²) in [5.41, 5.74) is 0. The van der Waals surface area contributed by atoms with Crippen molar-refractivity contribution < 1.29 is 21.2 Å². The lowest BCUT2D eigenvalue weighted by Crippen LogP contribution is -3.48. The fourth-order valence-electron chi connectivity index (χ4n) is 0.588. The molecule has 1 aromatic rings. The molecule has 0 aliphatic carbocycles. The number of halogens is 1. The first-order chi connectivity index (χ1) is 3.47. The Morgan fingerprint density at radius 1 is 1.00 bits per heavy atom. The Kier molecular flexibility index (Phi) is 0.676. The van der Waals surface area contributed by atoms with Gasteiger partial charge in [0.25, 0.3) is 0 Å². The summed E-state index contributed by atoms with van der Waals surface area (Å²) in [5, 5.41) is 0. The Balaban J connectivity index is 2.73. The van der Waals surface area contributed by atoms with Crippen LogP contribution in [0.3, 0.4) is 0 Å². The van der Waals surface area contributed by atoms with E-state index in [0.717, 1.165) is 0 Å². The first-order valence-electron chi connectivity index (χ1n) is 2.21. The van der Waals surface area contributed by atoms with Crippen molar-refractivity contribution in [3.63, 3.8) is 0 Å². The second kappa shape index (κ2) is 1.22. The largest absolute Gasteiger partial charge is 0.368 e. The molecule has 1 heterocycles. The molecule has 7 heavy (non-hydrogen) atoms. The summed E-state index contributed by atoms with van der Waals surface area (Å²) < 4.78 is 3.28. The Labute approximate surface area is 52.8 Å². The monoisotopic (exact) mass is 203 g/mol. The zero-order valence-electron chi connectivity index (χ0n) is 3.69. The fourth-order valence-corrected chi connectivity index (χ4v) is 2.21. The highest BCUT2D eigenvalue weighted by molar-refractivity contribution is 5.04. The van der Waals surface area contributed by atoms with Gasteiger partial charge < -0.3 is 0 Å². The summed E-state index contributed by atoms with van der Waals surface area (Å²) in [7, 11) is 0. The van der Waals surface area contributed by atoms with Crippen molar-refractivity contribution >= 4 is 0 Å². The second-order valence-corrected chi connectivity index (χ2v) is 4.37. The molecular weight excluding hydrogens is 199 g/mol. The normalized spacial score (nSPS) is 13.1. The molecule has 0 atom stereocenters. The highest BCUT2D eigenvalue weighted by Gasteiger charge is 2.39. The Bertz CT molecular complexity index is 172. The lowest BCUT2D eigenvalue weighted by molar-refractivity contribution is -0.474. The molecule has 0 radical (unpaired) electrons. The zero-order chi connectivity index (χ0) is 4.69. The van der Waals surface area contributed by atoms with Crippen molar-refractivity contribution in [1.29, 1.82) is 0 Å². The summed E-state index contributed by atoms with van der Waals surface area (Å²) in [5.74, 6) is 0. The van der Waals surface area contributed by atoms with E-state index in [-0.39, 0.29) is 0 Å². The molecule has 0 unspecified atom stereocenters. The van der Waals surface area contributed by atoms with Gasteiger partial charge in [0.2, 0.25) is 7.14 Å². The van der Waals surface area contributed by atoms with Crippen LogP contribution in [-0.4, -0.2) is 0 Å². The van der Waals surface area contributed by atoms with E-state index in [4.69, 9.17) is 0 Å². The molecule has 0 nitrogen and oxygen atoms in total. The van der Waals surface area contributed by atoms with Crippen LogP contribution in [0.15, 0.2) is 24.3 Å². The number of benzene rings is 1. The molecule has 0 saturated heterocycles. The van der Waals surface area contributed by atoms with E-state index in [2.05, 4.69) is 24.3 Å². The molecule has 0 bridgehead atoms. The van der Waals surface area contributed by atoms with Crippen molar-refractivity contribution in [2.45, 2.75) is 0 Å². The van der Waals surface area contributed by atoms with Crippen molar-refractivity contribution in [1.82, 2.24) is 0 Å². The van der Waals surface area contributed by atoms with Gasteiger partial charge in [-0.1, -0.05) is 12.1 Å². The first kappa shape index (κ1) is 3.89. The molecule has 1 aliphatic rings. The van der Waals surface area contributed by atoms with E-state index in [9.17, 15) is 0 Å². The summed E-state index contributed by atoms with van der Waals surface area (Å²) in [6.07, 6.45) is 0. The summed E-state index contributed by atoms with van der Waals surface area (Å²) in [6.45, 7) is 0. The maximum Gasteiger partial charge on any atom is 0.368 e. The minimum absolute atomic E-state index is 0.430. The predicted octanol–water partition coefficient (Wildman–Crippen LogP) is -1.87. The van der Waals surface area contributed by atoms with Crippen LogP contribution in [0, 0.1) is 7.14 Å². The number of rotatable bonds is 0. The van der Waals surface area contributed by atoms with Crippen LogP contribution in [0.5, 0.6) is 0 Å². The summed E-state index contributed by atoms with van der Waals surface area (Å²) in [4.78, 5) is 0. The molecule has 0 aromatic heterocycles. The van der Waals surface area contributed by atoms with Crippen LogP contribution >= 0.6 is 0 Å². The molecule has 34 valence electrons. The molecule has 0 fully saturated rings. The van der Waals surface area contributed by atoms with Gasteiger partial charge in [0.1, 0.15) is 0 Å². The third-order valence-corrected chi connectivity index (χ3v) is 3.50. The Morgan fingerprint density at radius 2 is 1.57 bits per heavy atom. The van der Waals surface area contributed by atoms with E-state index in [0.29, 0.717) is 21.2 Å². The van der Waals surface area contributed by atoms with E-state index < -0.39 is 0 Å². The third-order valence-electron chi connectivity index (χ3n) is 0.992. The number of fused-ring (bicyclic) bond motifs is 1. The van der Waals surface area contributed by atoms with Gasteiger partial charge in [0.05, 0.1) is 0 Å². The topological polar surface area (TPSA) is 0 Å². The Morgan fingerprint density at radius 3 is 2.00 bits per heavy atom. The third kappa shape index (κ3) is 0.554. The van der Waals surface area contributed by atoms with Gasteiger partial charge in [0, 0.05) is 0 Å². The molecule has 0 saturated carbocycles. The summed E-state index contributed by atoms with van der Waals surface area (Å²) in [6, 6.07) is 8.68. The van der Waals surface area contributed by atoms with Crippen molar-refractivity contribution in [2.24, 2.45) is 0 Å². The first-order valence-corrected chi connectivity index (χ1v) is 4.36. The SMILES string of the molecule is c1ccc2c(c1)[I+]2. The molecule has 1 heteroatoms. The van der Waals surface area contributed by atoms with E-state index in [1.54, 1.807) is 7.14 Å². The molecule has 0 amide bonds. The predicted molar refractivity (Wildman–Crippen MR) is 23.8 cm³/mol. The van der Waals surface area contributed by atoms with Crippen LogP contribution in [0.2, 0.25) is 0 Å². The minimum Gasteiger partial charge on any atom is -0.0574 e. The molecule has 0 N–H and O–H groups in total. The molecule has 1 aliphatic heterocycles. The van der Waals surface area contributed by atoms with Crippen LogP contribution in [0.4, 0.5) is 0 Å². The van der Waals surface area contributed by atoms with Gasteiger partial charge in [-0.15, -0.1) is 0 Å². The standard InChI is InChI=1S/C6H4I/c1-2-4-6-5(3-1)7-6/h1-4H/q+1. The quantitative estimate of drug-likeness (QED) is 0.440. The van der Waals surface area contributed by atoms with Crippen LogP contribution in [0.25, 0.3) is 0 Å². The van der Waals surface area contributed by atoms with Crippen molar-refractivity contribution in [3.8, 4) is 0 Å². The maximum absolute atomic E-state index is 2.22. The Hall–Kier alpha value is -0.0500. The maximum atomic E-state index is 2.22. The van der Waals surface area contributed by atoms with Gasteiger partial charge in [-0.2, -0.15) is 0 Å². The molecule has 1 aromatic carbocycles. The van der Waals surface area contributed by atoms with Crippen molar-refractivity contribution in [3.05, 3.63) is 31.4 Å².